The molecule has 1 aromatic carbocycles. The summed E-state index contributed by atoms with van der Waals surface area (Å²) >= 11 is 0. The normalized spacial score (nSPS) is 10.6. The average Bonchev–Trinajstić information content (AvgIpc) is 2.39. The summed E-state index contributed by atoms with van der Waals surface area (Å²) < 4.78 is 0. The van der Waals surface area contributed by atoms with E-state index in [1.165, 1.54) is 0 Å². The monoisotopic (exact) mass is 222 g/mol. The number of nitrogens with two attached hydrogens (primary N) is 1. The van der Waals surface area contributed by atoms with Gasteiger partial charge in [-0.1, -0.05) is 30.3 Å². The molecule has 0 radical (unpaired) electrons. The number of aromatic nitrogens is 3. The largest absolute Gasteiger partial charge is 0.368 e. The maximum atomic E-state index is 5.55. The van der Waals surface area contributed by atoms with E-state index >= 15 is 0 Å². The van der Waals surface area contributed by atoms with Crippen LogP contribution in [0.3, 0.4) is 0 Å². The Kier molecular flexibility index (Phi) is 2.19. The standard InChI is InChI=1S/C13H10N4/c14-13-15-8-10-6-7-11(16-12(10)17-13)9-4-2-1-3-5-9/h1-8H,(H2,14,15,16,17). The Morgan fingerprint density at radius 3 is 2.53 bits per heavy atom. The molecule has 0 aliphatic rings. The van der Waals surface area contributed by atoms with Crippen LogP contribution in [0.5, 0.6) is 0 Å². The molecular weight excluding hydrogens is 212 g/mol. The Morgan fingerprint density at radius 1 is 0.882 bits per heavy atom. The number of rotatable bonds is 1. The molecule has 4 heteroatoms. The van der Waals surface area contributed by atoms with E-state index in [2.05, 4.69) is 15.0 Å². The molecule has 0 bridgehead atoms. The quantitative estimate of drug-likeness (QED) is 0.686. The maximum absolute atomic E-state index is 5.55. The predicted octanol–water partition coefficient (Wildman–Crippen LogP) is 2.27. The van der Waals surface area contributed by atoms with Gasteiger partial charge in [0.2, 0.25) is 5.95 Å². The zero-order valence-electron chi connectivity index (χ0n) is 9.04. The Bertz CT molecular complexity index is 665. The topological polar surface area (TPSA) is 64.7 Å². The number of pyridine rings is 1. The van der Waals surface area contributed by atoms with E-state index in [1.54, 1.807) is 6.20 Å². The molecule has 2 aromatic heterocycles. The minimum Gasteiger partial charge on any atom is -0.368 e. The number of nitrogens with zero attached hydrogens (tertiary/aromatic N) is 3. The summed E-state index contributed by atoms with van der Waals surface area (Å²) in [5.74, 6) is 0.246. The van der Waals surface area contributed by atoms with E-state index in [1.807, 2.05) is 42.5 Å². The fraction of sp³-hybridized carbons (Fsp3) is 0. The highest BCUT2D eigenvalue weighted by Gasteiger charge is 2.02. The van der Waals surface area contributed by atoms with Gasteiger partial charge in [0.1, 0.15) is 0 Å². The second-order valence-electron chi connectivity index (χ2n) is 3.70. The molecule has 0 atom stereocenters. The lowest BCUT2D eigenvalue weighted by atomic mass is 10.1. The molecule has 0 amide bonds. The summed E-state index contributed by atoms with van der Waals surface area (Å²) in [6.45, 7) is 0. The van der Waals surface area contributed by atoms with E-state index in [-0.39, 0.29) is 5.95 Å². The second kappa shape index (κ2) is 3.83. The van der Waals surface area contributed by atoms with Crippen molar-refractivity contribution in [2.24, 2.45) is 0 Å². The van der Waals surface area contributed by atoms with Crippen molar-refractivity contribution >= 4 is 17.0 Å². The van der Waals surface area contributed by atoms with Crippen molar-refractivity contribution < 1.29 is 0 Å². The van der Waals surface area contributed by atoms with Gasteiger partial charge >= 0.3 is 0 Å². The van der Waals surface area contributed by atoms with Crippen LogP contribution in [0, 0.1) is 0 Å². The molecule has 0 spiro atoms. The van der Waals surface area contributed by atoms with E-state index < -0.39 is 0 Å². The third-order valence-electron chi connectivity index (χ3n) is 2.53. The van der Waals surface area contributed by atoms with Crippen molar-refractivity contribution in [1.82, 2.24) is 15.0 Å². The summed E-state index contributed by atoms with van der Waals surface area (Å²) in [6, 6.07) is 13.9. The van der Waals surface area contributed by atoms with Crippen LogP contribution in [0.15, 0.2) is 48.7 Å². The lowest BCUT2D eigenvalue weighted by molar-refractivity contribution is 1.20. The van der Waals surface area contributed by atoms with Gasteiger partial charge in [-0.05, 0) is 12.1 Å². The number of benzene rings is 1. The fourth-order valence-corrected chi connectivity index (χ4v) is 1.69. The van der Waals surface area contributed by atoms with Crippen LogP contribution in [0.2, 0.25) is 0 Å². The van der Waals surface area contributed by atoms with Gasteiger partial charge in [0.25, 0.3) is 0 Å². The molecule has 82 valence electrons. The summed E-state index contributed by atoms with van der Waals surface area (Å²) in [5.41, 5.74) is 8.12. The molecule has 3 aromatic rings. The van der Waals surface area contributed by atoms with Crippen LogP contribution in [-0.2, 0) is 0 Å². The molecule has 2 heterocycles. The molecule has 3 rings (SSSR count). The van der Waals surface area contributed by atoms with Gasteiger partial charge in [-0.3, -0.25) is 0 Å². The first-order valence-electron chi connectivity index (χ1n) is 5.27. The van der Waals surface area contributed by atoms with Crippen molar-refractivity contribution in [1.29, 1.82) is 0 Å². The van der Waals surface area contributed by atoms with E-state index in [9.17, 15) is 0 Å². The molecule has 17 heavy (non-hydrogen) atoms. The van der Waals surface area contributed by atoms with Crippen LogP contribution in [-0.4, -0.2) is 15.0 Å². The summed E-state index contributed by atoms with van der Waals surface area (Å²) in [6.07, 6.45) is 1.68. The number of fused-ring (bicyclic) bond motifs is 1. The SMILES string of the molecule is Nc1ncc2ccc(-c3ccccc3)nc2n1. The molecule has 0 unspecified atom stereocenters. The molecule has 0 saturated carbocycles. The molecule has 0 aliphatic carbocycles. The van der Waals surface area contributed by atoms with Crippen molar-refractivity contribution in [2.75, 3.05) is 5.73 Å². The predicted molar refractivity (Wildman–Crippen MR) is 67.2 cm³/mol. The second-order valence-corrected chi connectivity index (χ2v) is 3.70. The smallest absolute Gasteiger partial charge is 0.222 e. The third kappa shape index (κ3) is 1.80. The molecule has 2 N–H and O–H groups in total. The van der Waals surface area contributed by atoms with Gasteiger partial charge in [0.15, 0.2) is 5.65 Å². The fourth-order valence-electron chi connectivity index (χ4n) is 1.69. The minimum atomic E-state index is 0.246. The first-order chi connectivity index (χ1) is 8.33. The van der Waals surface area contributed by atoms with Gasteiger partial charge in [0, 0.05) is 17.1 Å². The summed E-state index contributed by atoms with van der Waals surface area (Å²) in [5, 5.41) is 0.888. The van der Waals surface area contributed by atoms with Crippen LogP contribution >= 0.6 is 0 Å². The third-order valence-corrected chi connectivity index (χ3v) is 2.53. The van der Waals surface area contributed by atoms with Gasteiger partial charge in [-0.15, -0.1) is 0 Å². The number of hydrogen-bond acceptors (Lipinski definition) is 4. The number of anilines is 1. The van der Waals surface area contributed by atoms with E-state index in [4.69, 9.17) is 5.73 Å². The Morgan fingerprint density at radius 2 is 1.71 bits per heavy atom. The maximum Gasteiger partial charge on any atom is 0.222 e. The molecule has 4 nitrogen and oxygen atoms in total. The van der Waals surface area contributed by atoms with Crippen molar-refractivity contribution in [2.45, 2.75) is 0 Å². The molecule has 0 saturated heterocycles. The minimum absolute atomic E-state index is 0.246. The molecular formula is C13H10N4. The van der Waals surface area contributed by atoms with Crippen LogP contribution in [0.1, 0.15) is 0 Å². The Balaban J connectivity index is 2.19. The lowest BCUT2D eigenvalue weighted by Crippen LogP contribution is -1.96. The zero-order chi connectivity index (χ0) is 11.7. The van der Waals surface area contributed by atoms with Crippen LogP contribution < -0.4 is 5.73 Å². The number of nitrogen functional groups attached to an aromatic ring is 1. The summed E-state index contributed by atoms with van der Waals surface area (Å²) in [7, 11) is 0. The van der Waals surface area contributed by atoms with Gasteiger partial charge in [-0.25, -0.2) is 9.97 Å². The van der Waals surface area contributed by atoms with Crippen molar-refractivity contribution in [3.63, 3.8) is 0 Å². The van der Waals surface area contributed by atoms with E-state index in [0.29, 0.717) is 5.65 Å². The molecule has 0 aliphatic heterocycles. The van der Waals surface area contributed by atoms with Crippen molar-refractivity contribution in [3.8, 4) is 11.3 Å². The van der Waals surface area contributed by atoms with Gasteiger partial charge < -0.3 is 5.73 Å². The first kappa shape index (κ1) is 9.72. The lowest BCUT2D eigenvalue weighted by Gasteiger charge is -2.02. The number of hydrogen-bond donors (Lipinski definition) is 1. The highest BCUT2D eigenvalue weighted by atomic mass is 15.0. The van der Waals surface area contributed by atoms with Gasteiger partial charge in [0.05, 0.1) is 5.69 Å². The Hall–Kier alpha value is -2.49. The van der Waals surface area contributed by atoms with E-state index in [0.717, 1.165) is 16.6 Å². The van der Waals surface area contributed by atoms with Gasteiger partial charge in [-0.2, -0.15) is 4.98 Å². The summed E-state index contributed by atoms with van der Waals surface area (Å²) in [4.78, 5) is 12.5. The van der Waals surface area contributed by atoms with Crippen LogP contribution in [0.4, 0.5) is 5.95 Å². The first-order valence-corrected chi connectivity index (χ1v) is 5.27. The van der Waals surface area contributed by atoms with Crippen LogP contribution in [0.25, 0.3) is 22.3 Å². The highest BCUT2D eigenvalue weighted by Crippen LogP contribution is 2.19. The molecule has 0 fully saturated rings. The zero-order valence-corrected chi connectivity index (χ0v) is 9.04. The average molecular weight is 222 g/mol. The Labute approximate surface area is 98.2 Å². The highest BCUT2D eigenvalue weighted by molar-refractivity contribution is 5.78. The van der Waals surface area contributed by atoms with Crippen molar-refractivity contribution in [3.05, 3.63) is 48.7 Å².